The summed E-state index contributed by atoms with van der Waals surface area (Å²) >= 11 is 0. The summed E-state index contributed by atoms with van der Waals surface area (Å²) in [7, 11) is 0. The average molecular weight is 366 g/mol. The van der Waals surface area contributed by atoms with E-state index in [1.165, 1.54) is 6.08 Å². The molecule has 0 heterocycles. The van der Waals surface area contributed by atoms with E-state index in [1.54, 1.807) is 13.8 Å². The Bertz CT molecular complexity index is 703. The molecule has 26 heavy (non-hydrogen) atoms. The molecule has 1 N–H and O–H groups in total. The van der Waals surface area contributed by atoms with Gasteiger partial charge in [0.05, 0.1) is 6.10 Å². The van der Waals surface area contributed by atoms with Gasteiger partial charge in [0.15, 0.2) is 5.78 Å². The van der Waals surface area contributed by atoms with Gasteiger partial charge in [0.1, 0.15) is 17.6 Å². The van der Waals surface area contributed by atoms with Crippen molar-refractivity contribution in [3.63, 3.8) is 0 Å². The molecule has 0 aromatic heterocycles. The molecule has 4 aliphatic carbocycles. The van der Waals surface area contributed by atoms with Crippen molar-refractivity contribution in [3.05, 3.63) is 11.6 Å². The van der Waals surface area contributed by atoms with Gasteiger partial charge in [-0.3, -0.25) is 9.59 Å². The summed E-state index contributed by atoms with van der Waals surface area (Å²) in [6, 6.07) is 0. The molecule has 0 amide bonds. The summed E-state index contributed by atoms with van der Waals surface area (Å²) in [5.41, 5.74) is -3.35. The third-order valence-corrected chi connectivity index (χ3v) is 8.51. The highest BCUT2D eigenvalue weighted by atomic mass is 19.1. The predicted octanol–water partition coefficient (Wildman–Crippen LogP) is 3.73. The Balaban J connectivity index is 1.83. The molecule has 4 rings (SSSR count). The van der Waals surface area contributed by atoms with Gasteiger partial charge in [-0.05, 0) is 62.0 Å². The summed E-state index contributed by atoms with van der Waals surface area (Å²) in [6.07, 6.45) is 0.717. The third kappa shape index (κ3) is 2.01. The molecular weight excluding hydrogens is 338 g/mol. The zero-order valence-corrected chi connectivity index (χ0v) is 15.7. The number of carbonyl (C=O) groups is 2. The lowest BCUT2D eigenvalue weighted by Crippen LogP contribution is -2.68. The minimum absolute atomic E-state index is 0.00680. The number of hydrogen-bond donors (Lipinski definition) is 1. The van der Waals surface area contributed by atoms with E-state index in [4.69, 9.17) is 0 Å². The van der Waals surface area contributed by atoms with E-state index in [-0.39, 0.29) is 54.7 Å². The molecule has 3 saturated carbocycles. The first-order valence-corrected chi connectivity index (χ1v) is 9.82. The maximum atomic E-state index is 16.7. The van der Waals surface area contributed by atoms with Crippen molar-refractivity contribution in [3.8, 4) is 0 Å². The Labute approximate surface area is 153 Å². The quantitative estimate of drug-likeness (QED) is 0.769. The minimum Gasteiger partial charge on any atom is -0.390 e. The van der Waals surface area contributed by atoms with Crippen molar-refractivity contribution in [2.45, 2.75) is 77.2 Å². The Morgan fingerprint density at radius 1 is 1.27 bits per heavy atom. The van der Waals surface area contributed by atoms with Crippen LogP contribution >= 0.6 is 0 Å². The number of alkyl halides is 2. The number of fused-ring (bicyclic) bond motifs is 5. The highest BCUT2D eigenvalue weighted by Crippen LogP contribution is 2.69. The molecule has 0 radical (unpaired) electrons. The van der Waals surface area contributed by atoms with Crippen molar-refractivity contribution < 1.29 is 23.5 Å². The molecule has 0 saturated heterocycles. The van der Waals surface area contributed by atoms with Crippen LogP contribution in [0.3, 0.4) is 0 Å². The molecule has 8 atom stereocenters. The molecule has 3 nitrogen and oxygen atoms in total. The Kier molecular flexibility index (Phi) is 3.84. The van der Waals surface area contributed by atoms with Crippen molar-refractivity contribution in [2.75, 3.05) is 0 Å². The second-order valence-corrected chi connectivity index (χ2v) is 9.55. The fourth-order valence-electron chi connectivity index (χ4n) is 7.23. The fourth-order valence-corrected chi connectivity index (χ4v) is 7.23. The van der Waals surface area contributed by atoms with Crippen LogP contribution in [-0.4, -0.2) is 34.6 Å². The van der Waals surface area contributed by atoms with Crippen LogP contribution in [0.4, 0.5) is 8.78 Å². The number of halogens is 2. The molecule has 0 spiro atoms. The van der Waals surface area contributed by atoms with Crippen LogP contribution in [0.5, 0.6) is 0 Å². The largest absolute Gasteiger partial charge is 0.390 e. The zero-order chi connectivity index (χ0) is 19.1. The molecular formula is C21H28F2O3. The average Bonchev–Trinajstić information content (AvgIpc) is 2.89. The molecule has 144 valence electrons. The zero-order valence-electron chi connectivity index (χ0n) is 15.7. The maximum absolute atomic E-state index is 16.7. The number of allylic oxidation sites excluding steroid dienone is 1. The van der Waals surface area contributed by atoms with Gasteiger partial charge in [0.25, 0.3) is 0 Å². The summed E-state index contributed by atoms with van der Waals surface area (Å²) in [5.74, 6) is -1.00. The van der Waals surface area contributed by atoms with Crippen molar-refractivity contribution in [1.29, 1.82) is 0 Å². The normalized spacial score (nSPS) is 53.4. The van der Waals surface area contributed by atoms with Crippen LogP contribution in [0.1, 0.15) is 59.3 Å². The summed E-state index contributed by atoms with van der Waals surface area (Å²) in [5, 5.41) is 11.0. The van der Waals surface area contributed by atoms with Crippen LogP contribution in [-0.2, 0) is 9.59 Å². The lowest BCUT2D eigenvalue weighted by molar-refractivity contribution is -0.214. The number of carbonyl (C=O) groups excluding carboxylic acids is 2. The van der Waals surface area contributed by atoms with Crippen molar-refractivity contribution in [2.24, 2.45) is 28.6 Å². The van der Waals surface area contributed by atoms with Gasteiger partial charge in [-0.2, -0.15) is 0 Å². The van der Waals surface area contributed by atoms with Gasteiger partial charge >= 0.3 is 0 Å². The smallest absolute Gasteiger partial charge is 0.155 e. The maximum Gasteiger partial charge on any atom is 0.155 e. The number of hydrogen-bond acceptors (Lipinski definition) is 3. The van der Waals surface area contributed by atoms with E-state index in [9.17, 15) is 14.7 Å². The molecule has 6 unspecified atom stereocenters. The summed E-state index contributed by atoms with van der Waals surface area (Å²) < 4.78 is 31.8. The molecule has 0 aliphatic heterocycles. The number of Topliss-reactive ketones (excluding diaryl/α,β-unsaturated/α-hetero) is 1. The van der Waals surface area contributed by atoms with E-state index in [2.05, 4.69) is 0 Å². The first kappa shape index (κ1) is 18.3. The highest BCUT2D eigenvalue weighted by molar-refractivity contribution is 5.92. The standard InChI is InChI=1S/C21H28F2O3/c1-11(24)13-4-5-14-15-9-17(22)16-8-12(25)6-7-20(16,3)21(15,23)18(26)10-19(13,14)2/h8,13-15,17-18,26H,4-7,9-10H2,1-3H3/t13?,14?,15?,17-,18?,19?,20?,21-/m0/s1. The third-order valence-electron chi connectivity index (χ3n) is 8.51. The van der Waals surface area contributed by atoms with Crippen LogP contribution in [0, 0.1) is 28.6 Å². The topological polar surface area (TPSA) is 54.4 Å². The van der Waals surface area contributed by atoms with E-state index in [1.807, 2.05) is 6.92 Å². The summed E-state index contributed by atoms with van der Waals surface area (Å²) in [6.45, 7) is 5.23. The second-order valence-electron chi connectivity index (χ2n) is 9.55. The van der Waals surface area contributed by atoms with E-state index >= 15 is 8.78 Å². The van der Waals surface area contributed by atoms with Gasteiger partial charge in [-0.15, -0.1) is 0 Å². The summed E-state index contributed by atoms with van der Waals surface area (Å²) in [4.78, 5) is 24.0. The lowest BCUT2D eigenvalue weighted by Gasteiger charge is -2.63. The van der Waals surface area contributed by atoms with Gasteiger partial charge in [-0.25, -0.2) is 8.78 Å². The molecule has 0 bridgehead atoms. The SMILES string of the molecule is CC(=O)C1CCC2C3C[C@H](F)C4=CC(=O)CCC4(C)[C@@]3(F)C(O)CC12C. The predicted molar refractivity (Wildman–Crippen MR) is 92.9 cm³/mol. The molecule has 0 aromatic rings. The van der Waals surface area contributed by atoms with Gasteiger partial charge in [-0.1, -0.05) is 13.8 Å². The Morgan fingerprint density at radius 3 is 2.62 bits per heavy atom. The fraction of sp³-hybridized carbons (Fsp3) is 0.810. The highest BCUT2D eigenvalue weighted by Gasteiger charge is 2.72. The van der Waals surface area contributed by atoms with Gasteiger partial charge in [0.2, 0.25) is 0 Å². The second kappa shape index (κ2) is 5.46. The number of rotatable bonds is 1. The van der Waals surface area contributed by atoms with Crippen LogP contribution in [0.15, 0.2) is 11.6 Å². The number of aliphatic hydroxyl groups is 1. The van der Waals surface area contributed by atoms with Gasteiger partial charge in [0, 0.05) is 23.7 Å². The number of aliphatic hydroxyl groups excluding tert-OH is 1. The Morgan fingerprint density at radius 2 is 1.96 bits per heavy atom. The van der Waals surface area contributed by atoms with E-state index < -0.39 is 34.7 Å². The number of ketones is 2. The van der Waals surface area contributed by atoms with Crippen LogP contribution in [0.2, 0.25) is 0 Å². The van der Waals surface area contributed by atoms with Gasteiger partial charge < -0.3 is 5.11 Å². The first-order chi connectivity index (χ1) is 12.1. The molecule has 4 aliphatic rings. The monoisotopic (exact) mass is 366 g/mol. The minimum atomic E-state index is -1.95. The van der Waals surface area contributed by atoms with Crippen molar-refractivity contribution >= 4 is 11.6 Å². The van der Waals surface area contributed by atoms with Crippen LogP contribution < -0.4 is 0 Å². The van der Waals surface area contributed by atoms with E-state index in [0.717, 1.165) is 0 Å². The van der Waals surface area contributed by atoms with Crippen LogP contribution in [0.25, 0.3) is 0 Å². The van der Waals surface area contributed by atoms with Crippen molar-refractivity contribution in [1.82, 2.24) is 0 Å². The Hall–Kier alpha value is -1.10. The molecule has 5 heteroatoms. The van der Waals surface area contributed by atoms with E-state index in [0.29, 0.717) is 12.8 Å². The molecule has 0 aromatic carbocycles. The molecule has 3 fully saturated rings. The first-order valence-electron chi connectivity index (χ1n) is 9.82. The lowest BCUT2D eigenvalue weighted by atomic mass is 9.44.